The fourth-order valence-corrected chi connectivity index (χ4v) is 1.82. The van der Waals surface area contributed by atoms with Gasteiger partial charge in [0.15, 0.2) is 5.75 Å². The zero-order valence-electron chi connectivity index (χ0n) is 10.0. The third-order valence-corrected chi connectivity index (χ3v) is 2.83. The van der Waals surface area contributed by atoms with Crippen LogP contribution in [0.4, 0.5) is 5.69 Å². The van der Waals surface area contributed by atoms with E-state index in [9.17, 15) is 0 Å². The predicted octanol–water partition coefficient (Wildman–Crippen LogP) is 4.27. The van der Waals surface area contributed by atoms with Crippen LogP contribution in [-0.4, -0.2) is 6.10 Å². The molecule has 2 N–H and O–H groups in total. The average Bonchev–Trinajstić information content (AvgIpc) is 2.24. The van der Waals surface area contributed by atoms with Gasteiger partial charge in [0.2, 0.25) is 0 Å². The summed E-state index contributed by atoms with van der Waals surface area (Å²) in [6.45, 7) is 4.25. The van der Waals surface area contributed by atoms with Crippen molar-refractivity contribution in [2.24, 2.45) is 0 Å². The Morgan fingerprint density at radius 1 is 1.38 bits per heavy atom. The first-order valence-corrected chi connectivity index (χ1v) is 6.23. The summed E-state index contributed by atoms with van der Waals surface area (Å²) in [5, 5.41) is 0.586. The summed E-state index contributed by atoms with van der Waals surface area (Å²) in [4.78, 5) is 0. The smallest absolute Gasteiger partial charge is 0.161 e. The molecule has 0 aliphatic carbocycles. The Bertz CT molecular complexity index is 307. The van der Waals surface area contributed by atoms with E-state index in [4.69, 9.17) is 22.1 Å². The van der Waals surface area contributed by atoms with Crippen molar-refractivity contribution >= 4 is 17.3 Å². The maximum Gasteiger partial charge on any atom is 0.161 e. The van der Waals surface area contributed by atoms with Gasteiger partial charge in [-0.1, -0.05) is 37.4 Å². The Morgan fingerprint density at radius 2 is 2.12 bits per heavy atom. The second kappa shape index (κ2) is 6.64. The molecule has 0 radical (unpaired) electrons. The van der Waals surface area contributed by atoms with Crippen LogP contribution in [0.5, 0.6) is 5.75 Å². The van der Waals surface area contributed by atoms with Crippen LogP contribution in [0, 0.1) is 0 Å². The number of halogens is 1. The number of anilines is 1. The van der Waals surface area contributed by atoms with Crippen LogP contribution in [0.15, 0.2) is 18.2 Å². The molecule has 0 unspecified atom stereocenters. The molecule has 16 heavy (non-hydrogen) atoms. The summed E-state index contributed by atoms with van der Waals surface area (Å²) < 4.78 is 5.77. The monoisotopic (exact) mass is 241 g/mol. The van der Waals surface area contributed by atoms with Crippen LogP contribution < -0.4 is 10.5 Å². The first-order chi connectivity index (χ1) is 7.65. The predicted molar refractivity (Wildman–Crippen MR) is 70.1 cm³/mol. The molecule has 1 aromatic rings. The van der Waals surface area contributed by atoms with Crippen molar-refractivity contribution in [1.29, 1.82) is 0 Å². The summed E-state index contributed by atoms with van der Waals surface area (Å²) in [5.74, 6) is 0.619. The third-order valence-electron chi connectivity index (χ3n) is 2.53. The zero-order chi connectivity index (χ0) is 12.0. The Labute approximate surface area is 103 Å². The largest absolute Gasteiger partial charge is 0.487 e. The minimum Gasteiger partial charge on any atom is -0.487 e. The van der Waals surface area contributed by atoms with Gasteiger partial charge in [-0.05, 0) is 31.9 Å². The van der Waals surface area contributed by atoms with Gasteiger partial charge in [0, 0.05) is 0 Å². The SMILES string of the molecule is CCCCC[C@@H](C)Oc1c(N)cccc1Cl. The maximum absolute atomic E-state index is 6.03. The number of hydrogen-bond donors (Lipinski definition) is 1. The zero-order valence-corrected chi connectivity index (χ0v) is 10.8. The highest BCUT2D eigenvalue weighted by atomic mass is 35.5. The van der Waals surface area contributed by atoms with Crippen molar-refractivity contribution in [2.75, 3.05) is 5.73 Å². The van der Waals surface area contributed by atoms with Crippen LogP contribution in [0.1, 0.15) is 39.5 Å². The van der Waals surface area contributed by atoms with E-state index in [1.807, 2.05) is 6.07 Å². The van der Waals surface area contributed by atoms with E-state index in [0.717, 1.165) is 6.42 Å². The number of para-hydroxylation sites is 1. The van der Waals surface area contributed by atoms with Gasteiger partial charge in [0.05, 0.1) is 16.8 Å². The molecule has 0 spiro atoms. The van der Waals surface area contributed by atoms with Crippen LogP contribution in [-0.2, 0) is 0 Å². The van der Waals surface area contributed by atoms with E-state index >= 15 is 0 Å². The van der Waals surface area contributed by atoms with Gasteiger partial charge >= 0.3 is 0 Å². The van der Waals surface area contributed by atoms with Gasteiger partial charge in [-0.15, -0.1) is 0 Å². The Balaban J connectivity index is 2.52. The molecule has 1 rings (SSSR count). The Kier molecular flexibility index (Phi) is 5.47. The van der Waals surface area contributed by atoms with Crippen LogP contribution in [0.25, 0.3) is 0 Å². The molecule has 0 amide bonds. The molecule has 0 heterocycles. The molecule has 0 aliphatic rings. The summed E-state index contributed by atoms with van der Waals surface area (Å²) in [6.07, 6.45) is 4.85. The van der Waals surface area contributed by atoms with Crippen molar-refractivity contribution in [2.45, 2.75) is 45.6 Å². The highest BCUT2D eigenvalue weighted by molar-refractivity contribution is 6.32. The summed E-state index contributed by atoms with van der Waals surface area (Å²) in [6, 6.07) is 5.43. The molecule has 0 saturated carbocycles. The first-order valence-electron chi connectivity index (χ1n) is 5.85. The molecular formula is C13H20ClNO. The van der Waals surface area contributed by atoms with Crippen LogP contribution >= 0.6 is 11.6 Å². The molecule has 0 fully saturated rings. The Morgan fingerprint density at radius 3 is 2.75 bits per heavy atom. The van der Waals surface area contributed by atoms with Crippen LogP contribution in [0.2, 0.25) is 5.02 Å². The lowest BCUT2D eigenvalue weighted by atomic mass is 10.1. The molecule has 0 aliphatic heterocycles. The van der Waals surface area contributed by atoms with Crippen LogP contribution in [0.3, 0.4) is 0 Å². The second-order valence-corrected chi connectivity index (χ2v) is 4.49. The van der Waals surface area contributed by atoms with E-state index < -0.39 is 0 Å². The normalized spacial score (nSPS) is 12.4. The van der Waals surface area contributed by atoms with Crippen molar-refractivity contribution in [3.63, 3.8) is 0 Å². The van der Waals surface area contributed by atoms with Gasteiger partial charge in [0.25, 0.3) is 0 Å². The lowest BCUT2D eigenvalue weighted by Gasteiger charge is -2.17. The molecular weight excluding hydrogens is 222 g/mol. The van der Waals surface area contributed by atoms with E-state index in [2.05, 4.69) is 13.8 Å². The number of ether oxygens (including phenoxy) is 1. The summed E-state index contributed by atoms with van der Waals surface area (Å²) in [7, 11) is 0. The second-order valence-electron chi connectivity index (χ2n) is 4.08. The topological polar surface area (TPSA) is 35.2 Å². The van der Waals surface area contributed by atoms with Crippen molar-refractivity contribution in [3.05, 3.63) is 23.2 Å². The van der Waals surface area contributed by atoms with Crippen molar-refractivity contribution in [1.82, 2.24) is 0 Å². The molecule has 90 valence electrons. The summed E-state index contributed by atoms with van der Waals surface area (Å²) >= 11 is 6.03. The first kappa shape index (κ1) is 13.2. The molecule has 2 nitrogen and oxygen atoms in total. The quantitative estimate of drug-likeness (QED) is 0.596. The van der Waals surface area contributed by atoms with E-state index in [1.165, 1.54) is 19.3 Å². The van der Waals surface area contributed by atoms with Crippen molar-refractivity contribution in [3.8, 4) is 5.75 Å². The van der Waals surface area contributed by atoms with Gasteiger partial charge < -0.3 is 10.5 Å². The van der Waals surface area contributed by atoms with E-state index in [-0.39, 0.29) is 6.10 Å². The summed E-state index contributed by atoms with van der Waals surface area (Å²) in [5.41, 5.74) is 6.42. The molecule has 0 saturated heterocycles. The Hall–Kier alpha value is -0.890. The number of nitrogen functional groups attached to an aromatic ring is 1. The highest BCUT2D eigenvalue weighted by Crippen LogP contribution is 2.31. The third kappa shape index (κ3) is 3.93. The molecule has 0 aromatic heterocycles. The lowest BCUT2D eigenvalue weighted by Crippen LogP contribution is -2.12. The lowest BCUT2D eigenvalue weighted by molar-refractivity contribution is 0.208. The van der Waals surface area contributed by atoms with Gasteiger partial charge in [-0.3, -0.25) is 0 Å². The van der Waals surface area contributed by atoms with Gasteiger partial charge in [0.1, 0.15) is 0 Å². The van der Waals surface area contributed by atoms with Gasteiger partial charge in [-0.2, -0.15) is 0 Å². The molecule has 1 atom stereocenters. The minimum absolute atomic E-state index is 0.161. The fourth-order valence-electron chi connectivity index (χ4n) is 1.59. The van der Waals surface area contributed by atoms with Gasteiger partial charge in [-0.25, -0.2) is 0 Å². The average molecular weight is 242 g/mol. The molecule has 1 aromatic carbocycles. The number of nitrogens with two attached hydrogens (primary N) is 1. The fraction of sp³-hybridized carbons (Fsp3) is 0.538. The number of hydrogen-bond acceptors (Lipinski definition) is 2. The standard InChI is InChI=1S/C13H20ClNO/c1-3-4-5-7-10(2)16-13-11(14)8-6-9-12(13)15/h6,8-10H,3-5,7,15H2,1-2H3/t10-/m1/s1. The highest BCUT2D eigenvalue weighted by Gasteiger charge is 2.09. The van der Waals surface area contributed by atoms with E-state index in [1.54, 1.807) is 12.1 Å². The van der Waals surface area contributed by atoms with Crippen molar-refractivity contribution < 1.29 is 4.74 Å². The van der Waals surface area contributed by atoms with E-state index in [0.29, 0.717) is 16.5 Å². The number of rotatable bonds is 6. The molecule has 3 heteroatoms. The number of unbranched alkanes of at least 4 members (excludes halogenated alkanes) is 2. The molecule has 0 bridgehead atoms. The minimum atomic E-state index is 0.161. The maximum atomic E-state index is 6.03. The number of benzene rings is 1.